The van der Waals surface area contributed by atoms with Gasteiger partial charge in [-0.3, -0.25) is 4.79 Å². The van der Waals surface area contributed by atoms with E-state index in [1.54, 1.807) is 39.5 Å². The van der Waals surface area contributed by atoms with Crippen molar-refractivity contribution in [2.45, 2.75) is 6.54 Å². The Balaban J connectivity index is 1.50. The molecule has 1 saturated heterocycles. The Kier molecular flexibility index (Phi) is 7.24. The third-order valence-corrected chi connectivity index (χ3v) is 5.36. The number of carbonyl (C=O) groups is 1. The van der Waals surface area contributed by atoms with Crippen LogP contribution in [0.15, 0.2) is 36.4 Å². The predicted molar refractivity (Wildman–Crippen MR) is 114 cm³/mol. The zero-order valence-corrected chi connectivity index (χ0v) is 17.7. The van der Waals surface area contributed by atoms with Gasteiger partial charge in [0.25, 0.3) is 5.91 Å². The molecule has 1 amide bonds. The molecule has 0 radical (unpaired) electrons. The smallest absolute Gasteiger partial charge is 0.275 e. The molecule has 162 valence electrons. The number of nitrogens with zero attached hydrogens (tertiary/aromatic N) is 1. The van der Waals surface area contributed by atoms with Crippen LogP contribution in [-0.2, 0) is 11.3 Å². The van der Waals surface area contributed by atoms with E-state index in [4.69, 9.17) is 14.2 Å². The minimum Gasteiger partial charge on any atom is -0.508 e. The molecule has 2 aromatic carbocycles. The van der Waals surface area contributed by atoms with E-state index in [0.717, 1.165) is 37.4 Å². The highest BCUT2D eigenvalue weighted by atomic mass is 16.5. The Morgan fingerprint density at radius 3 is 2.20 bits per heavy atom. The molecule has 0 bridgehead atoms. The number of methoxy groups -OCH3 is 3. The summed E-state index contributed by atoms with van der Waals surface area (Å²) in [6.07, 6.45) is 0. The van der Waals surface area contributed by atoms with E-state index in [1.807, 2.05) is 18.2 Å². The van der Waals surface area contributed by atoms with Crippen molar-refractivity contribution in [1.29, 1.82) is 0 Å². The van der Waals surface area contributed by atoms with Crippen LogP contribution in [0, 0.1) is 0 Å². The fourth-order valence-corrected chi connectivity index (χ4v) is 3.64. The summed E-state index contributed by atoms with van der Waals surface area (Å²) in [5.74, 6) is 2.09. The summed E-state index contributed by atoms with van der Waals surface area (Å²) in [6, 6.07) is 10.8. The Bertz CT molecular complexity index is 849. The van der Waals surface area contributed by atoms with Gasteiger partial charge in [0.05, 0.1) is 47.5 Å². The molecule has 3 rings (SSSR count). The SMILES string of the molecule is COc1cc(OC)c(OC)cc1CNC(=O)C[NH+]1CCN(c2ccc(O)cc2)CC1. The summed E-state index contributed by atoms with van der Waals surface area (Å²) in [7, 11) is 4.74. The van der Waals surface area contributed by atoms with Crippen LogP contribution in [-0.4, -0.2) is 65.1 Å². The molecule has 1 heterocycles. The first-order valence-electron chi connectivity index (χ1n) is 9.97. The van der Waals surface area contributed by atoms with E-state index in [9.17, 15) is 9.90 Å². The van der Waals surface area contributed by atoms with Gasteiger partial charge in [-0.25, -0.2) is 0 Å². The summed E-state index contributed by atoms with van der Waals surface area (Å²) >= 11 is 0. The van der Waals surface area contributed by atoms with Crippen molar-refractivity contribution in [2.75, 3.05) is 59.0 Å². The Morgan fingerprint density at radius 2 is 1.60 bits per heavy atom. The lowest BCUT2D eigenvalue weighted by Gasteiger charge is -2.33. The zero-order valence-electron chi connectivity index (χ0n) is 17.7. The van der Waals surface area contributed by atoms with Crippen LogP contribution in [0.4, 0.5) is 5.69 Å². The number of phenolic OH excluding ortho intramolecular Hbond substituents is 1. The molecule has 8 nitrogen and oxygen atoms in total. The average Bonchev–Trinajstić information content (AvgIpc) is 2.78. The van der Waals surface area contributed by atoms with Gasteiger partial charge < -0.3 is 34.4 Å². The number of carbonyl (C=O) groups excluding carboxylic acids is 1. The molecule has 8 heteroatoms. The van der Waals surface area contributed by atoms with Gasteiger partial charge in [0.1, 0.15) is 11.5 Å². The number of rotatable bonds is 8. The molecule has 0 aromatic heterocycles. The van der Waals surface area contributed by atoms with Crippen molar-refractivity contribution in [3.8, 4) is 23.0 Å². The molecule has 1 aliphatic rings. The highest BCUT2D eigenvalue weighted by Gasteiger charge is 2.22. The molecule has 0 spiro atoms. The molecule has 0 saturated carbocycles. The van der Waals surface area contributed by atoms with E-state index >= 15 is 0 Å². The first kappa shape index (κ1) is 21.6. The number of anilines is 1. The molecule has 30 heavy (non-hydrogen) atoms. The number of benzene rings is 2. The van der Waals surface area contributed by atoms with Gasteiger partial charge in [0, 0.05) is 23.9 Å². The van der Waals surface area contributed by atoms with Crippen molar-refractivity contribution in [3.05, 3.63) is 42.0 Å². The first-order chi connectivity index (χ1) is 14.5. The van der Waals surface area contributed by atoms with Crippen molar-refractivity contribution in [1.82, 2.24) is 5.32 Å². The Labute approximate surface area is 176 Å². The van der Waals surface area contributed by atoms with Crippen molar-refractivity contribution in [3.63, 3.8) is 0 Å². The van der Waals surface area contributed by atoms with Crippen molar-refractivity contribution >= 4 is 11.6 Å². The number of ether oxygens (including phenoxy) is 3. The normalized spacial score (nSPS) is 14.3. The maximum atomic E-state index is 12.5. The van der Waals surface area contributed by atoms with Crippen LogP contribution in [0.25, 0.3) is 0 Å². The van der Waals surface area contributed by atoms with E-state index in [-0.39, 0.29) is 11.7 Å². The molecule has 0 unspecified atom stereocenters. The standard InChI is InChI=1S/C22H29N3O5/c1-28-19-13-21(30-3)20(29-2)12-16(19)14-23-22(27)15-24-8-10-25(11-9-24)17-4-6-18(26)7-5-17/h4-7,12-13,26H,8-11,14-15H2,1-3H3,(H,23,27)/p+1. The molecular weight excluding hydrogens is 386 g/mol. The summed E-state index contributed by atoms with van der Waals surface area (Å²) in [4.78, 5) is 16.0. The van der Waals surface area contributed by atoms with Crippen LogP contribution >= 0.6 is 0 Å². The number of hydrogen-bond donors (Lipinski definition) is 3. The second-order valence-electron chi connectivity index (χ2n) is 7.23. The number of aromatic hydroxyl groups is 1. The quantitative estimate of drug-likeness (QED) is 0.579. The summed E-state index contributed by atoms with van der Waals surface area (Å²) in [5, 5.41) is 12.4. The molecule has 0 aliphatic carbocycles. The van der Waals surface area contributed by atoms with E-state index in [0.29, 0.717) is 30.3 Å². The number of amides is 1. The van der Waals surface area contributed by atoms with E-state index < -0.39 is 0 Å². The van der Waals surface area contributed by atoms with E-state index in [2.05, 4.69) is 10.2 Å². The van der Waals surface area contributed by atoms with Crippen molar-refractivity contribution < 1.29 is 29.0 Å². The topological polar surface area (TPSA) is 84.7 Å². The van der Waals surface area contributed by atoms with Gasteiger partial charge in [-0.1, -0.05) is 0 Å². The zero-order chi connectivity index (χ0) is 21.5. The lowest BCUT2D eigenvalue weighted by Crippen LogP contribution is -3.15. The summed E-state index contributed by atoms with van der Waals surface area (Å²) in [5.41, 5.74) is 1.92. The number of phenols is 1. The number of piperazine rings is 1. The van der Waals surface area contributed by atoms with Crippen LogP contribution in [0.3, 0.4) is 0 Å². The number of hydrogen-bond acceptors (Lipinski definition) is 6. The van der Waals surface area contributed by atoms with Crippen LogP contribution < -0.4 is 29.3 Å². The van der Waals surface area contributed by atoms with Crippen molar-refractivity contribution in [2.24, 2.45) is 0 Å². The minimum atomic E-state index is -0.0000728. The number of nitrogens with one attached hydrogen (secondary N) is 2. The minimum absolute atomic E-state index is 0.0000728. The Hall–Kier alpha value is -3.13. The highest BCUT2D eigenvalue weighted by molar-refractivity contribution is 5.77. The monoisotopic (exact) mass is 416 g/mol. The van der Waals surface area contributed by atoms with Gasteiger partial charge in [0.2, 0.25) is 0 Å². The second kappa shape index (κ2) is 10.1. The van der Waals surface area contributed by atoms with E-state index in [1.165, 1.54) is 4.90 Å². The molecule has 2 aromatic rings. The predicted octanol–water partition coefficient (Wildman–Crippen LogP) is 0.439. The largest absolute Gasteiger partial charge is 0.508 e. The van der Waals surface area contributed by atoms with Crippen LogP contribution in [0.1, 0.15) is 5.56 Å². The van der Waals surface area contributed by atoms with Gasteiger partial charge >= 0.3 is 0 Å². The fourth-order valence-electron chi connectivity index (χ4n) is 3.64. The number of quaternary nitrogens is 1. The highest BCUT2D eigenvalue weighted by Crippen LogP contribution is 2.34. The maximum Gasteiger partial charge on any atom is 0.275 e. The van der Waals surface area contributed by atoms with Crippen LogP contribution in [0.5, 0.6) is 23.0 Å². The summed E-state index contributed by atoms with van der Waals surface area (Å²) < 4.78 is 16.1. The second-order valence-corrected chi connectivity index (χ2v) is 7.23. The lowest BCUT2D eigenvalue weighted by molar-refractivity contribution is -0.892. The molecule has 1 aliphatic heterocycles. The van der Waals surface area contributed by atoms with Gasteiger partial charge in [-0.15, -0.1) is 0 Å². The summed E-state index contributed by atoms with van der Waals surface area (Å²) in [6.45, 7) is 4.30. The van der Waals surface area contributed by atoms with Gasteiger partial charge in [-0.2, -0.15) is 0 Å². The third kappa shape index (κ3) is 5.27. The third-order valence-electron chi connectivity index (χ3n) is 5.36. The Morgan fingerprint density at radius 1 is 1.00 bits per heavy atom. The fraction of sp³-hybridized carbons (Fsp3) is 0.409. The molecular formula is C22H30N3O5+. The average molecular weight is 416 g/mol. The van der Waals surface area contributed by atoms with Gasteiger partial charge in [0.15, 0.2) is 18.0 Å². The van der Waals surface area contributed by atoms with Crippen LogP contribution in [0.2, 0.25) is 0 Å². The lowest BCUT2D eigenvalue weighted by atomic mass is 10.1. The maximum absolute atomic E-state index is 12.5. The first-order valence-corrected chi connectivity index (χ1v) is 9.97. The van der Waals surface area contributed by atoms with Gasteiger partial charge in [-0.05, 0) is 30.3 Å². The molecule has 1 fully saturated rings. The molecule has 0 atom stereocenters. The molecule has 3 N–H and O–H groups in total.